The molecule has 7 rings (SSSR count). The second kappa shape index (κ2) is 11.9. The van der Waals surface area contributed by atoms with Crippen molar-refractivity contribution in [2.45, 2.75) is 51.7 Å². The number of nitrogens with zero attached hydrogens (tertiary/aromatic N) is 7. The number of carboxylic acid groups (broad SMARTS) is 1. The number of hydrogen-bond acceptors (Lipinski definition) is 10. The van der Waals surface area contributed by atoms with Crippen molar-refractivity contribution in [1.82, 2.24) is 24.4 Å². The molecule has 2 aliphatic rings. The maximum atomic E-state index is 14.0. The molecule has 2 fully saturated rings. The van der Waals surface area contributed by atoms with Gasteiger partial charge in [-0.15, -0.1) is 11.3 Å². The Morgan fingerprint density at radius 1 is 1.21 bits per heavy atom. The van der Waals surface area contributed by atoms with E-state index in [1.165, 1.54) is 28.7 Å². The SMILES string of the molecule is Cc1nc2cnc(N3CCN(C4CC4)CC3(C)C)c(C#N)c2c(=O)n1CCOc1ccc(Cl)cc1-c1ccnc2c(C(=O)O)csc12. The minimum atomic E-state index is -1.05. The summed E-state index contributed by atoms with van der Waals surface area (Å²) >= 11 is 7.68. The molecule has 0 atom stereocenters. The number of fused-ring (bicyclic) bond motifs is 2. The highest BCUT2D eigenvalue weighted by Crippen LogP contribution is 2.40. The van der Waals surface area contributed by atoms with Gasteiger partial charge in [0.2, 0.25) is 0 Å². The summed E-state index contributed by atoms with van der Waals surface area (Å²) in [6, 6.07) is 9.96. The van der Waals surface area contributed by atoms with E-state index < -0.39 is 5.97 Å². The average molecular weight is 670 g/mol. The highest BCUT2D eigenvalue weighted by molar-refractivity contribution is 7.18. The van der Waals surface area contributed by atoms with Crippen molar-refractivity contribution in [2.24, 2.45) is 0 Å². The number of ether oxygens (including phenoxy) is 1. The Kier molecular flexibility index (Phi) is 7.86. The molecule has 5 aromatic rings. The third-order valence-electron chi connectivity index (χ3n) is 9.02. The number of piperazine rings is 1. The lowest BCUT2D eigenvalue weighted by molar-refractivity contribution is 0.0699. The van der Waals surface area contributed by atoms with Crippen LogP contribution in [-0.4, -0.2) is 73.3 Å². The second-order valence-electron chi connectivity index (χ2n) is 12.6. The van der Waals surface area contributed by atoms with E-state index in [4.69, 9.17) is 16.3 Å². The molecule has 0 unspecified atom stereocenters. The molecule has 1 saturated carbocycles. The van der Waals surface area contributed by atoms with Crippen LogP contribution in [0.4, 0.5) is 5.82 Å². The number of nitriles is 1. The zero-order valence-corrected chi connectivity index (χ0v) is 27.7. The average Bonchev–Trinajstić information content (AvgIpc) is 3.80. The lowest BCUT2D eigenvalue weighted by Gasteiger charge is -2.48. The Bertz CT molecular complexity index is 2170. The predicted octanol–water partition coefficient (Wildman–Crippen LogP) is 5.74. The van der Waals surface area contributed by atoms with Crippen LogP contribution in [0.3, 0.4) is 0 Å². The number of thiophene rings is 1. The van der Waals surface area contributed by atoms with Gasteiger partial charge in [0, 0.05) is 58.9 Å². The van der Waals surface area contributed by atoms with Gasteiger partial charge in [-0.1, -0.05) is 11.6 Å². The molecule has 0 bridgehead atoms. The molecule has 0 amide bonds. The predicted molar refractivity (Wildman–Crippen MR) is 182 cm³/mol. The van der Waals surface area contributed by atoms with Crippen LogP contribution in [0.5, 0.6) is 5.75 Å². The number of benzene rings is 1. The first-order chi connectivity index (χ1) is 22.6. The fraction of sp³-hybridized carbons (Fsp3) is 0.353. The summed E-state index contributed by atoms with van der Waals surface area (Å²) in [5, 5.41) is 22.3. The van der Waals surface area contributed by atoms with Gasteiger partial charge >= 0.3 is 5.97 Å². The zero-order valence-electron chi connectivity index (χ0n) is 26.2. The molecule has 0 radical (unpaired) electrons. The first kappa shape index (κ1) is 31.1. The molecule has 240 valence electrons. The van der Waals surface area contributed by atoms with Crippen molar-refractivity contribution in [3.8, 4) is 22.9 Å². The van der Waals surface area contributed by atoms with E-state index in [0.29, 0.717) is 56.3 Å². The van der Waals surface area contributed by atoms with Gasteiger partial charge in [-0.25, -0.2) is 14.8 Å². The number of carbonyl (C=O) groups is 1. The largest absolute Gasteiger partial charge is 0.491 e. The number of pyridine rings is 2. The molecule has 1 N–H and O–H groups in total. The Balaban J connectivity index is 1.19. The molecule has 4 aromatic heterocycles. The molecule has 0 spiro atoms. The lowest BCUT2D eigenvalue weighted by atomic mass is 9.97. The van der Waals surface area contributed by atoms with Gasteiger partial charge in [0.05, 0.1) is 39.4 Å². The summed E-state index contributed by atoms with van der Waals surface area (Å²) in [7, 11) is 0. The molecule has 1 aliphatic heterocycles. The Morgan fingerprint density at radius 3 is 2.74 bits per heavy atom. The molecule has 1 saturated heterocycles. The van der Waals surface area contributed by atoms with Crippen LogP contribution in [0.15, 0.2) is 46.8 Å². The second-order valence-corrected chi connectivity index (χ2v) is 13.9. The fourth-order valence-electron chi connectivity index (χ4n) is 6.60. The third kappa shape index (κ3) is 5.58. The van der Waals surface area contributed by atoms with Crippen molar-refractivity contribution >= 4 is 55.8 Å². The van der Waals surface area contributed by atoms with Crippen molar-refractivity contribution < 1.29 is 14.6 Å². The van der Waals surface area contributed by atoms with Crippen molar-refractivity contribution in [3.63, 3.8) is 0 Å². The quantitative estimate of drug-likeness (QED) is 0.218. The smallest absolute Gasteiger partial charge is 0.338 e. The van der Waals surface area contributed by atoms with Gasteiger partial charge in [0.1, 0.15) is 35.6 Å². The third-order valence-corrected chi connectivity index (χ3v) is 10.3. The van der Waals surface area contributed by atoms with Gasteiger partial charge in [-0.3, -0.25) is 19.2 Å². The van der Waals surface area contributed by atoms with Gasteiger partial charge in [0.15, 0.2) is 0 Å². The number of aromatic carboxylic acids is 1. The van der Waals surface area contributed by atoms with Crippen molar-refractivity contribution in [1.29, 1.82) is 5.26 Å². The molecule has 13 heteroatoms. The van der Waals surface area contributed by atoms with E-state index in [2.05, 4.69) is 44.7 Å². The normalized spacial score (nSPS) is 16.4. The van der Waals surface area contributed by atoms with Crippen LogP contribution in [0.25, 0.3) is 32.2 Å². The zero-order chi connectivity index (χ0) is 33.0. The topological polar surface area (TPSA) is 137 Å². The van der Waals surface area contributed by atoms with Gasteiger partial charge in [-0.05, 0) is 57.9 Å². The van der Waals surface area contributed by atoms with E-state index in [-0.39, 0.29) is 40.8 Å². The van der Waals surface area contributed by atoms with Gasteiger partial charge in [-0.2, -0.15) is 5.26 Å². The number of rotatable bonds is 8. The van der Waals surface area contributed by atoms with E-state index >= 15 is 0 Å². The molecule has 1 aromatic carbocycles. The number of aromatic nitrogens is 4. The van der Waals surface area contributed by atoms with Crippen LogP contribution < -0.4 is 15.2 Å². The van der Waals surface area contributed by atoms with Crippen molar-refractivity contribution in [2.75, 3.05) is 31.1 Å². The summed E-state index contributed by atoms with van der Waals surface area (Å²) in [4.78, 5) is 44.1. The van der Waals surface area contributed by atoms with Crippen LogP contribution in [0, 0.1) is 18.3 Å². The number of anilines is 1. The fourth-order valence-corrected chi connectivity index (χ4v) is 7.80. The highest BCUT2D eigenvalue weighted by atomic mass is 35.5. The molecular weight excluding hydrogens is 638 g/mol. The Labute approximate surface area is 279 Å². The van der Waals surface area contributed by atoms with Crippen LogP contribution in [-0.2, 0) is 6.54 Å². The standard InChI is InChI=1S/C34H32ClN7O4S/c1-19-39-26-16-38-31(42-11-10-40(21-5-6-21)18-34(42,2)3)24(15-36)28(26)32(43)41(19)12-13-46-27-7-4-20(35)14-23(27)22-8-9-37-29-25(33(44)45)17-47-30(22)29/h4,7-9,14,16-17,21H,5-6,10-13,18H2,1-3H3,(H,44,45). The Hall–Kier alpha value is -4.57. The summed E-state index contributed by atoms with van der Waals surface area (Å²) in [5.41, 5.74) is 1.98. The van der Waals surface area contributed by atoms with Gasteiger partial charge in [0.25, 0.3) is 5.56 Å². The van der Waals surface area contributed by atoms with Gasteiger partial charge < -0.3 is 14.7 Å². The maximum absolute atomic E-state index is 14.0. The molecule has 1 aliphatic carbocycles. The highest BCUT2D eigenvalue weighted by Gasteiger charge is 2.41. The van der Waals surface area contributed by atoms with E-state index in [0.717, 1.165) is 18.7 Å². The summed E-state index contributed by atoms with van der Waals surface area (Å²) in [6.07, 6.45) is 5.63. The molecule has 5 heterocycles. The maximum Gasteiger partial charge on any atom is 0.338 e. The number of carboxylic acids is 1. The summed E-state index contributed by atoms with van der Waals surface area (Å²) < 4.78 is 8.48. The van der Waals surface area contributed by atoms with Crippen LogP contribution >= 0.6 is 22.9 Å². The van der Waals surface area contributed by atoms with Crippen LogP contribution in [0.2, 0.25) is 5.02 Å². The van der Waals surface area contributed by atoms with E-state index in [9.17, 15) is 20.0 Å². The monoisotopic (exact) mass is 669 g/mol. The molecule has 47 heavy (non-hydrogen) atoms. The first-order valence-electron chi connectivity index (χ1n) is 15.4. The number of aryl methyl sites for hydroxylation is 1. The number of halogens is 1. The van der Waals surface area contributed by atoms with Crippen molar-refractivity contribution in [3.05, 3.63) is 74.4 Å². The van der Waals surface area contributed by atoms with Crippen LogP contribution in [0.1, 0.15) is 48.4 Å². The lowest BCUT2D eigenvalue weighted by Crippen LogP contribution is -2.60. The minimum Gasteiger partial charge on any atom is -0.491 e. The van der Waals surface area contributed by atoms with E-state index in [1.807, 2.05) is 0 Å². The minimum absolute atomic E-state index is 0.123. The first-order valence-corrected chi connectivity index (χ1v) is 16.7. The molecular formula is C34H32ClN7O4S. The Morgan fingerprint density at radius 2 is 2.02 bits per heavy atom. The van der Waals surface area contributed by atoms with E-state index in [1.54, 1.807) is 49.0 Å². The number of hydrogen-bond donors (Lipinski definition) is 1. The summed E-state index contributed by atoms with van der Waals surface area (Å²) in [5.74, 6) is 0.467. The molecule has 11 nitrogen and oxygen atoms in total. The summed E-state index contributed by atoms with van der Waals surface area (Å²) in [6.45, 7) is 8.83.